The molecular weight excluding hydrogens is 282 g/mol. The van der Waals surface area contributed by atoms with Crippen molar-refractivity contribution in [3.05, 3.63) is 53.9 Å². The monoisotopic (exact) mass is 293 g/mol. The van der Waals surface area contributed by atoms with Crippen molar-refractivity contribution in [2.45, 2.75) is 0 Å². The summed E-state index contributed by atoms with van der Waals surface area (Å²) in [5.41, 5.74) is 9.10. The van der Waals surface area contributed by atoms with E-state index in [-0.39, 0.29) is 0 Å². The lowest BCUT2D eigenvalue weighted by Gasteiger charge is -2.03. The average molecular weight is 293 g/mol. The molecule has 4 aromatic rings. The lowest BCUT2D eigenvalue weighted by Crippen LogP contribution is -1.96. The number of aromatic nitrogens is 4. The molecule has 0 spiro atoms. The normalized spacial score (nSPS) is 11.0. The van der Waals surface area contributed by atoms with Crippen molar-refractivity contribution in [1.29, 1.82) is 0 Å². The number of benzene rings is 1. The van der Waals surface area contributed by atoms with Crippen molar-refractivity contribution in [2.75, 3.05) is 5.73 Å². The Bertz CT molecular complexity index is 911. The van der Waals surface area contributed by atoms with Gasteiger partial charge in [-0.2, -0.15) is 9.61 Å². The van der Waals surface area contributed by atoms with E-state index in [1.165, 1.54) is 0 Å². The zero-order valence-electron chi connectivity index (χ0n) is 11.0. The standard InChI is InChI=1S/C15H11N5S/c16-11-4-1-3-10(9-11)12-6-7-14-17-18-15(20(14)19-12)13-5-2-8-21-13/h1-9H,16H2. The molecule has 0 atom stereocenters. The predicted molar refractivity (Wildman–Crippen MR) is 83.9 cm³/mol. The fourth-order valence-electron chi connectivity index (χ4n) is 2.20. The third-order valence-corrected chi connectivity index (χ3v) is 4.05. The molecule has 3 aromatic heterocycles. The summed E-state index contributed by atoms with van der Waals surface area (Å²) in [5, 5.41) is 15.0. The topological polar surface area (TPSA) is 69.1 Å². The van der Waals surface area contributed by atoms with E-state index in [1.807, 2.05) is 53.9 Å². The lowest BCUT2D eigenvalue weighted by atomic mass is 10.1. The molecule has 2 N–H and O–H groups in total. The second kappa shape index (κ2) is 4.68. The number of hydrogen-bond acceptors (Lipinski definition) is 5. The van der Waals surface area contributed by atoms with Gasteiger partial charge in [-0.05, 0) is 35.7 Å². The number of rotatable bonds is 2. The molecule has 0 aliphatic heterocycles. The number of anilines is 1. The fourth-order valence-corrected chi connectivity index (χ4v) is 2.89. The van der Waals surface area contributed by atoms with Gasteiger partial charge in [-0.3, -0.25) is 0 Å². The smallest absolute Gasteiger partial charge is 0.195 e. The van der Waals surface area contributed by atoms with Crippen LogP contribution in [0.1, 0.15) is 0 Å². The van der Waals surface area contributed by atoms with Gasteiger partial charge in [0.15, 0.2) is 11.5 Å². The van der Waals surface area contributed by atoms with Gasteiger partial charge >= 0.3 is 0 Å². The van der Waals surface area contributed by atoms with Crippen LogP contribution in [0.4, 0.5) is 5.69 Å². The zero-order chi connectivity index (χ0) is 14.2. The second-order valence-corrected chi connectivity index (χ2v) is 5.56. The molecule has 3 heterocycles. The van der Waals surface area contributed by atoms with Gasteiger partial charge in [-0.25, -0.2) is 0 Å². The molecule has 0 unspecified atom stereocenters. The highest BCUT2D eigenvalue weighted by atomic mass is 32.1. The highest BCUT2D eigenvalue weighted by Crippen LogP contribution is 2.25. The molecule has 0 saturated carbocycles. The molecule has 5 nitrogen and oxygen atoms in total. The van der Waals surface area contributed by atoms with Crippen LogP contribution in [0.3, 0.4) is 0 Å². The Morgan fingerprint density at radius 2 is 1.95 bits per heavy atom. The van der Waals surface area contributed by atoms with Crippen molar-refractivity contribution in [2.24, 2.45) is 0 Å². The first-order valence-electron chi connectivity index (χ1n) is 6.43. The van der Waals surface area contributed by atoms with Gasteiger partial charge in [0.2, 0.25) is 0 Å². The minimum atomic E-state index is 0.719. The Morgan fingerprint density at radius 3 is 2.76 bits per heavy atom. The number of hydrogen-bond donors (Lipinski definition) is 1. The van der Waals surface area contributed by atoms with E-state index >= 15 is 0 Å². The van der Waals surface area contributed by atoms with E-state index < -0.39 is 0 Å². The van der Waals surface area contributed by atoms with Crippen LogP contribution in [-0.2, 0) is 0 Å². The van der Waals surface area contributed by atoms with E-state index in [9.17, 15) is 0 Å². The van der Waals surface area contributed by atoms with Crippen molar-refractivity contribution in [3.8, 4) is 22.0 Å². The van der Waals surface area contributed by atoms with E-state index in [1.54, 1.807) is 15.9 Å². The lowest BCUT2D eigenvalue weighted by molar-refractivity contribution is 0.944. The van der Waals surface area contributed by atoms with Crippen LogP contribution in [0.25, 0.3) is 27.6 Å². The second-order valence-electron chi connectivity index (χ2n) is 4.61. The highest BCUT2D eigenvalue weighted by Gasteiger charge is 2.11. The Kier molecular flexibility index (Phi) is 2.68. The quantitative estimate of drug-likeness (QED) is 0.577. The summed E-state index contributed by atoms with van der Waals surface area (Å²) in [4.78, 5) is 1.04. The van der Waals surface area contributed by atoms with E-state index in [0.717, 1.165) is 33.3 Å². The molecule has 102 valence electrons. The largest absolute Gasteiger partial charge is 0.399 e. The summed E-state index contributed by atoms with van der Waals surface area (Å²) >= 11 is 1.62. The third-order valence-electron chi connectivity index (χ3n) is 3.19. The summed E-state index contributed by atoms with van der Waals surface area (Å²) in [5.74, 6) is 0.755. The van der Waals surface area contributed by atoms with E-state index in [2.05, 4.69) is 15.3 Å². The van der Waals surface area contributed by atoms with Gasteiger partial charge in [0.25, 0.3) is 0 Å². The van der Waals surface area contributed by atoms with E-state index in [4.69, 9.17) is 5.73 Å². The molecule has 0 amide bonds. The van der Waals surface area contributed by atoms with Crippen LogP contribution in [0.2, 0.25) is 0 Å². The van der Waals surface area contributed by atoms with Crippen LogP contribution in [0.5, 0.6) is 0 Å². The zero-order valence-corrected chi connectivity index (χ0v) is 11.8. The maximum Gasteiger partial charge on any atom is 0.195 e. The van der Waals surface area contributed by atoms with Gasteiger partial charge in [0.05, 0.1) is 10.6 Å². The maximum atomic E-state index is 5.84. The predicted octanol–water partition coefficient (Wildman–Crippen LogP) is 3.10. The summed E-state index contributed by atoms with van der Waals surface area (Å²) in [7, 11) is 0. The van der Waals surface area contributed by atoms with Crippen molar-refractivity contribution in [3.63, 3.8) is 0 Å². The van der Waals surface area contributed by atoms with Crippen LogP contribution in [-0.4, -0.2) is 19.8 Å². The van der Waals surface area contributed by atoms with Crippen molar-refractivity contribution < 1.29 is 0 Å². The number of thiophene rings is 1. The maximum absolute atomic E-state index is 5.84. The summed E-state index contributed by atoms with van der Waals surface area (Å²) in [6.45, 7) is 0. The first-order chi connectivity index (χ1) is 10.3. The van der Waals surface area contributed by atoms with Crippen LogP contribution >= 0.6 is 11.3 Å². The molecule has 0 fully saturated rings. The number of nitrogens with zero attached hydrogens (tertiary/aromatic N) is 4. The number of fused-ring (bicyclic) bond motifs is 1. The van der Waals surface area contributed by atoms with Crippen LogP contribution in [0.15, 0.2) is 53.9 Å². The molecule has 0 radical (unpaired) electrons. The minimum absolute atomic E-state index is 0.719. The van der Waals surface area contributed by atoms with Gasteiger partial charge in [0, 0.05) is 11.3 Å². The molecule has 0 saturated heterocycles. The van der Waals surface area contributed by atoms with Gasteiger partial charge in [-0.15, -0.1) is 21.5 Å². The van der Waals surface area contributed by atoms with Gasteiger partial charge in [0.1, 0.15) is 0 Å². The summed E-state index contributed by atoms with van der Waals surface area (Å²) in [6.07, 6.45) is 0. The van der Waals surface area contributed by atoms with Crippen LogP contribution in [0, 0.1) is 0 Å². The van der Waals surface area contributed by atoms with Gasteiger partial charge in [-0.1, -0.05) is 18.2 Å². The van der Waals surface area contributed by atoms with Crippen molar-refractivity contribution in [1.82, 2.24) is 19.8 Å². The fraction of sp³-hybridized carbons (Fsp3) is 0. The van der Waals surface area contributed by atoms with E-state index in [0.29, 0.717) is 0 Å². The molecule has 1 aromatic carbocycles. The first kappa shape index (κ1) is 12.0. The Hall–Kier alpha value is -2.73. The first-order valence-corrected chi connectivity index (χ1v) is 7.31. The Morgan fingerprint density at radius 1 is 1.00 bits per heavy atom. The molecule has 0 aliphatic carbocycles. The van der Waals surface area contributed by atoms with Crippen molar-refractivity contribution >= 4 is 22.7 Å². The molecular formula is C15H11N5S. The third kappa shape index (κ3) is 2.05. The molecule has 0 aliphatic rings. The average Bonchev–Trinajstić information content (AvgIpc) is 3.15. The SMILES string of the molecule is Nc1cccc(-c2ccc3nnc(-c4cccs4)n3n2)c1. The molecule has 4 rings (SSSR count). The Labute approximate surface area is 124 Å². The minimum Gasteiger partial charge on any atom is -0.399 e. The van der Waals surface area contributed by atoms with Gasteiger partial charge < -0.3 is 5.73 Å². The number of nitrogen functional groups attached to an aromatic ring is 1. The Balaban J connectivity index is 1.91. The molecule has 0 bridgehead atoms. The molecule has 6 heteroatoms. The van der Waals surface area contributed by atoms with Crippen LogP contribution < -0.4 is 5.73 Å². The summed E-state index contributed by atoms with van der Waals surface area (Å²) in [6, 6.07) is 15.5. The highest BCUT2D eigenvalue weighted by molar-refractivity contribution is 7.13. The molecule has 21 heavy (non-hydrogen) atoms. The summed E-state index contributed by atoms with van der Waals surface area (Å²) < 4.78 is 1.77. The number of nitrogens with two attached hydrogens (primary N) is 1.